The van der Waals surface area contributed by atoms with Crippen molar-refractivity contribution < 1.29 is 0 Å². The van der Waals surface area contributed by atoms with Crippen molar-refractivity contribution in [1.82, 2.24) is 5.32 Å². The van der Waals surface area contributed by atoms with Crippen molar-refractivity contribution in [2.24, 2.45) is 0 Å². The van der Waals surface area contributed by atoms with Gasteiger partial charge in [0.2, 0.25) is 0 Å². The summed E-state index contributed by atoms with van der Waals surface area (Å²) < 4.78 is 0.641. The van der Waals surface area contributed by atoms with Crippen molar-refractivity contribution in [3.8, 4) is 0 Å². The second-order valence-electron chi connectivity index (χ2n) is 1.37. The van der Waals surface area contributed by atoms with Gasteiger partial charge in [-0.1, -0.05) is 45.4 Å². The highest BCUT2D eigenvalue weighted by Crippen LogP contribution is 2.09. The number of halogens is 2. The van der Waals surface area contributed by atoms with Crippen LogP contribution in [0.3, 0.4) is 0 Å². The summed E-state index contributed by atoms with van der Waals surface area (Å²) in [7, 11) is 1.94. The summed E-state index contributed by atoms with van der Waals surface area (Å²) in [6.07, 6.45) is 0. The fraction of sp³-hybridized carbons (Fsp3) is 1.00. The monoisotopic (exact) mass is 277 g/mol. The first-order valence-electron chi connectivity index (χ1n) is 2.14. The average molecular weight is 278 g/mol. The maximum Gasteiger partial charge on any atom is 0.0744 e. The lowest BCUT2D eigenvalue weighted by molar-refractivity contribution is 0.759. The van der Waals surface area contributed by atoms with Gasteiger partial charge in [0.1, 0.15) is 0 Å². The van der Waals surface area contributed by atoms with E-state index in [-0.39, 0.29) is 0 Å². The molecule has 0 aromatic heterocycles. The van der Waals surface area contributed by atoms with Crippen LogP contribution in [0.1, 0.15) is 6.92 Å². The van der Waals surface area contributed by atoms with Crippen molar-refractivity contribution in [2.75, 3.05) is 7.05 Å². The zero-order valence-electron chi connectivity index (χ0n) is 4.41. The summed E-state index contributed by atoms with van der Waals surface area (Å²) in [4.78, 5) is 0.452. The lowest BCUT2D eigenvalue weighted by atomic mass is 10.5. The molecule has 0 aromatic rings. The Balaban J connectivity index is 3.14. The molecule has 0 aliphatic carbocycles. The van der Waals surface area contributed by atoms with E-state index in [0.717, 1.165) is 0 Å². The zero-order valence-corrected chi connectivity index (χ0v) is 8.15. The van der Waals surface area contributed by atoms with Crippen LogP contribution < -0.4 is 5.32 Å². The predicted octanol–water partition coefficient (Wildman–Crippen LogP) is 1.75. The van der Waals surface area contributed by atoms with Crippen molar-refractivity contribution in [3.05, 3.63) is 0 Å². The highest BCUT2D eigenvalue weighted by atomic mass is 127. The highest BCUT2D eigenvalue weighted by molar-refractivity contribution is 14.1. The van der Waals surface area contributed by atoms with E-state index in [0.29, 0.717) is 8.88 Å². The van der Waals surface area contributed by atoms with Crippen LogP contribution in [0, 0.1) is 0 Å². The van der Waals surface area contributed by atoms with Crippen LogP contribution in [-0.2, 0) is 0 Å². The van der Waals surface area contributed by atoms with Gasteiger partial charge in [-0.15, -0.1) is 0 Å². The maximum absolute atomic E-state index is 3.42. The Labute approximate surface area is 66.5 Å². The summed E-state index contributed by atoms with van der Waals surface area (Å²) in [5, 5.41) is 3.07. The van der Waals surface area contributed by atoms with Crippen LogP contribution in [0.5, 0.6) is 0 Å². The normalized spacial score (nSPS) is 18.9. The fourth-order valence-electron chi connectivity index (χ4n) is 0.230. The summed E-state index contributed by atoms with van der Waals surface area (Å²) in [5.74, 6) is 0. The largest absolute Gasteiger partial charge is 0.307 e. The van der Waals surface area contributed by atoms with Crippen LogP contribution >= 0.6 is 38.5 Å². The van der Waals surface area contributed by atoms with Gasteiger partial charge >= 0.3 is 0 Å². The van der Waals surface area contributed by atoms with E-state index in [4.69, 9.17) is 0 Å². The Morgan fingerprint density at radius 3 is 2.14 bits per heavy atom. The Morgan fingerprint density at radius 2 is 2.14 bits per heavy atom. The van der Waals surface area contributed by atoms with E-state index in [1.54, 1.807) is 0 Å². The van der Waals surface area contributed by atoms with E-state index in [1.165, 1.54) is 0 Å². The molecule has 1 N–H and O–H groups in total. The third-order valence-electron chi connectivity index (χ3n) is 0.679. The van der Waals surface area contributed by atoms with Crippen LogP contribution in [0.15, 0.2) is 0 Å². The van der Waals surface area contributed by atoms with Gasteiger partial charge in [0.05, 0.1) is 4.95 Å². The van der Waals surface area contributed by atoms with Crippen LogP contribution in [0.4, 0.5) is 0 Å². The molecule has 0 aromatic carbocycles. The molecule has 0 rings (SSSR count). The first-order chi connectivity index (χ1) is 3.18. The van der Waals surface area contributed by atoms with Gasteiger partial charge in [-0.05, 0) is 7.05 Å². The Hall–Kier alpha value is 1.17. The minimum absolute atomic E-state index is 0.452. The maximum atomic E-state index is 3.42. The molecule has 0 saturated carbocycles. The smallest absolute Gasteiger partial charge is 0.0744 e. The topological polar surface area (TPSA) is 12.0 Å². The SMILES string of the molecule is CN[C@H](Br)C(C)I. The molecule has 0 spiro atoms. The van der Waals surface area contributed by atoms with Crippen LogP contribution in [0.25, 0.3) is 0 Å². The molecule has 0 bridgehead atoms. The summed E-state index contributed by atoms with van der Waals surface area (Å²) >= 11 is 5.78. The van der Waals surface area contributed by atoms with Crippen molar-refractivity contribution in [1.29, 1.82) is 0 Å². The summed E-state index contributed by atoms with van der Waals surface area (Å²) in [6.45, 7) is 2.15. The van der Waals surface area contributed by atoms with E-state index >= 15 is 0 Å². The first kappa shape index (κ1) is 8.17. The quantitative estimate of drug-likeness (QED) is 0.461. The van der Waals surface area contributed by atoms with Gasteiger partial charge < -0.3 is 5.32 Å². The van der Waals surface area contributed by atoms with Crippen molar-refractivity contribution in [3.63, 3.8) is 0 Å². The van der Waals surface area contributed by atoms with E-state index < -0.39 is 0 Å². The Kier molecular flexibility index (Phi) is 4.77. The van der Waals surface area contributed by atoms with Crippen LogP contribution in [0.2, 0.25) is 0 Å². The van der Waals surface area contributed by atoms with Gasteiger partial charge in [0.25, 0.3) is 0 Å². The molecule has 0 amide bonds. The molecule has 7 heavy (non-hydrogen) atoms. The third-order valence-corrected chi connectivity index (χ3v) is 3.64. The summed E-state index contributed by atoms with van der Waals surface area (Å²) in [6, 6.07) is 0. The van der Waals surface area contributed by atoms with E-state index in [9.17, 15) is 0 Å². The average Bonchev–Trinajstić information content (AvgIpc) is 1.65. The number of alkyl halides is 2. The molecule has 0 aliphatic heterocycles. The highest BCUT2D eigenvalue weighted by Gasteiger charge is 2.04. The molecule has 2 atom stereocenters. The summed E-state index contributed by atoms with van der Waals surface area (Å²) in [5.41, 5.74) is 0. The minimum Gasteiger partial charge on any atom is -0.307 e. The molecule has 44 valence electrons. The second-order valence-corrected chi connectivity index (χ2v) is 4.32. The molecule has 0 fully saturated rings. The zero-order chi connectivity index (χ0) is 5.86. The van der Waals surface area contributed by atoms with Gasteiger partial charge in [-0.3, -0.25) is 0 Å². The first-order valence-corrected chi connectivity index (χ1v) is 4.30. The second kappa shape index (κ2) is 4.09. The van der Waals surface area contributed by atoms with E-state index in [2.05, 4.69) is 50.8 Å². The Bertz CT molecular complexity index is 49.0. The van der Waals surface area contributed by atoms with Crippen molar-refractivity contribution in [2.45, 2.75) is 15.8 Å². The molecular weight excluding hydrogens is 269 g/mol. The Morgan fingerprint density at radius 1 is 1.71 bits per heavy atom. The van der Waals surface area contributed by atoms with Gasteiger partial charge in [0.15, 0.2) is 0 Å². The van der Waals surface area contributed by atoms with E-state index in [1.807, 2.05) is 7.05 Å². The van der Waals surface area contributed by atoms with Gasteiger partial charge in [-0.25, -0.2) is 0 Å². The fourth-order valence-corrected chi connectivity index (χ4v) is 0.589. The molecule has 0 radical (unpaired) electrons. The molecule has 0 saturated heterocycles. The molecule has 1 unspecified atom stereocenters. The molecular formula is C4H9BrIN. The molecule has 3 heteroatoms. The molecule has 1 nitrogen and oxygen atoms in total. The number of nitrogens with one attached hydrogen (secondary N) is 1. The lowest BCUT2D eigenvalue weighted by Gasteiger charge is -2.08. The predicted molar refractivity (Wildman–Crippen MR) is 45.3 cm³/mol. The standard InChI is InChI=1S/C4H9BrIN/c1-3(6)4(5)7-2/h3-4,7H,1-2H3/t3?,4-/m0/s1. The molecule has 0 aliphatic rings. The lowest BCUT2D eigenvalue weighted by Crippen LogP contribution is -2.25. The van der Waals surface area contributed by atoms with Crippen LogP contribution in [-0.4, -0.2) is 15.9 Å². The van der Waals surface area contributed by atoms with Crippen molar-refractivity contribution >= 4 is 38.5 Å². The van der Waals surface area contributed by atoms with Gasteiger partial charge in [-0.2, -0.15) is 0 Å². The minimum atomic E-state index is 0.452. The molecule has 0 heterocycles. The van der Waals surface area contributed by atoms with Gasteiger partial charge in [0, 0.05) is 3.92 Å². The number of rotatable bonds is 2. The number of hydrogen-bond acceptors (Lipinski definition) is 1. The number of hydrogen-bond donors (Lipinski definition) is 1. The third kappa shape index (κ3) is 3.73.